The SMILES string of the molecule is [C-]#[N+]CCOP(=O)(OC[C@@H](C)[C@@H](OCc1ccccc1)[C@H](CO)OCc1ccccc1)OC[C@H](OCc1ccccc1)[C@H](OCc1ccccc1)[C@H](C)CCP=O. The Kier molecular flexibility index (Phi) is 21.3. The van der Waals surface area contributed by atoms with E-state index in [2.05, 4.69) is 4.85 Å². The van der Waals surface area contributed by atoms with E-state index in [1.54, 1.807) is 0 Å². The molecular weight excluding hydrogens is 764 g/mol. The van der Waals surface area contributed by atoms with E-state index < -0.39 is 38.2 Å². The molecule has 0 spiro atoms. The first kappa shape index (κ1) is 46.1. The molecule has 0 amide bonds. The predicted molar refractivity (Wildman–Crippen MR) is 220 cm³/mol. The largest absolute Gasteiger partial charge is 0.475 e. The maximum atomic E-state index is 14.4. The number of nitrogens with zero attached hydrogens (tertiary/aromatic N) is 1. The van der Waals surface area contributed by atoms with Crippen LogP contribution in [0.4, 0.5) is 0 Å². The zero-order valence-electron chi connectivity index (χ0n) is 32.8. The van der Waals surface area contributed by atoms with Gasteiger partial charge >= 0.3 is 7.82 Å². The summed E-state index contributed by atoms with van der Waals surface area (Å²) in [6.45, 7) is 11.1. The van der Waals surface area contributed by atoms with Crippen molar-refractivity contribution in [1.82, 2.24) is 0 Å². The Morgan fingerprint density at radius 1 is 0.614 bits per heavy atom. The summed E-state index contributed by atoms with van der Waals surface area (Å²) >= 11 is 0. The Morgan fingerprint density at radius 2 is 1.04 bits per heavy atom. The average molecular weight is 820 g/mol. The Balaban J connectivity index is 1.54. The second kappa shape index (κ2) is 26.4. The minimum absolute atomic E-state index is 0.0235. The van der Waals surface area contributed by atoms with E-state index in [0.29, 0.717) is 12.6 Å². The van der Waals surface area contributed by atoms with Crippen molar-refractivity contribution in [2.24, 2.45) is 11.8 Å². The molecule has 4 rings (SSSR count). The molecule has 0 aliphatic rings. The summed E-state index contributed by atoms with van der Waals surface area (Å²) in [6.07, 6.45) is -1.74. The number of ether oxygens (including phenoxy) is 4. The molecule has 0 aliphatic carbocycles. The van der Waals surface area contributed by atoms with Gasteiger partial charge in [0.1, 0.15) is 18.8 Å². The van der Waals surface area contributed by atoms with E-state index in [1.165, 1.54) is 0 Å². The molecule has 4 aromatic rings. The summed E-state index contributed by atoms with van der Waals surface area (Å²) < 4.78 is 69.3. The molecule has 7 atom stereocenters. The van der Waals surface area contributed by atoms with Crippen LogP contribution in [-0.4, -0.2) is 68.7 Å². The van der Waals surface area contributed by atoms with Gasteiger partial charge in [0.2, 0.25) is 6.54 Å². The van der Waals surface area contributed by atoms with Crippen LogP contribution in [-0.2, 0) is 68.1 Å². The fourth-order valence-electron chi connectivity index (χ4n) is 6.05. The fraction of sp³-hybridized carbons (Fsp3) is 0.432. The van der Waals surface area contributed by atoms with Crippen LogP contribution in [0.2, 0.25) is 0 Å². The number of aliphatic hydroxyl groups is 1. The van der Waals surface area contributed by atoms with Crippen molar-refractivity contribution in [2.75, 3.05) is 39.1 Å². The molecule has 0 aromatic heterocycles. The van der Waals surface area contributed by atoms with Gasteiger partial charge in [-0.15, -0.1) is 0 Å². The monoisotopic (exact) mass is 819 g/mol. The molecule has 0 aliphatic heterocycles. The van der Waals surface area contributed by atoms with Crippen LogP contribution in [0, 0.1) is 18.4 Å². The molecule has 0 saturated heterocycles. The number of hydrogen-bond acceptors (Lipinski definition) is 10. The molecule has 0 fully saturated rings. The molecule has 11 nitrogen and oxygen atoms in total. The summed E-state index contributed by atoms with van der Waals surface area (Å²) in [7, 11) is -4.30. The molecule has 0 bridgehead atoms. The number of aliphatic hydroxyl groups excluding tert-OH is 1. The summed E-state index contributed by atoms with van der Waals surface area (Å²) in [5.41, 5.74) is 3.75. The highest BCUT2D eigenvalue weighted by Crippen LogP contribution is 2.50. The lowest BCUT2D eigenvalue weighted by Crippen LogP contribution is -2.41. The van der Waals surface area contributed by atoms with E-state index >= 15 is 0 Å². The molecule has 13 heteroatoms. The van der Waals surface area contributed by atoms with E-state index in [4.69, 9.17) is 39.1 Å². The van der Waals surface area contributed by atoms with Crippen molar-refractivity contribution in [3.05, 3.63) is 155 Å². The van der Waals surface area contributed by atoms with Gasteiger partial charge in [-0.25, -0.2) is 11.1 Å². The predicted octanol–water partition coefficient (Wildman–Crippen LogP) is 9.35. The normalized spacial score (nSPS) is 15.8. The second-order valence-electron chi connectivity index (χ2n) is 13.7. The topological polar surface area (TPSA) is 123 Å². The van der Waals surface area contributed by atoms with E-state index in [9.17, 15) is 14.2 Å². The van der Waals surface area contributed by atoms with Crippen molar-refractivity contribution in [1.29, 1.82) is 0 Å². The first-order valence-corrected chi connectivity index (χ1v) is 21.7. The highest BCUT2D eigenvalue weighted by molar-refractivity contribution is 7.48. The lowest BCUT2D eigenvalue weighted by Gasteiger charge is -2.33. The zero-order chi connectivity index (χ0) is 40.6. The molecular formula is C44H55NO10P2. The highest BCUT2D eigenvalue weighted by Gasteiger charge is 2.37. The Labute approximate surface area is 339 Å². The van der Waals surface area contributed by atoms with Crippen LogP contribution < -0.4 is 0 Å². The summed E-state index contributed by atoms with van der Waals surface area (Å²) in [4.78, 5) is 3.34. The van der Waals surface area contributed by atoms with Crippen LogP contribution in [0.25, 0.3) is 4.85 Å². The lowest BCUT2D eigenvalue weighted by molar-refractivity contribution is -0.130. The van der Waals surface area contributed by atoms with Crippen LogP contribution in [0.5, 0.6) is 0 Å². The molecule has 57 heavy (non-hydrogen) atoms. The molecule has 1 N–H and O–H groups in total. The summed E-state index contributed by atoms with van der Waals surface area (Å²) in [5.74, 6) is -0.599. The van der Waals surface area contributed by atoms with Crippen molar-refractivity contribution in [3.8, 4) is 0 Å². The lowest BCUT2D eigenvalue weighted by atomic mass is 9.97. The number of phosphoric ester groups is 1. The summed E-state index contributed by atoms with van der Waals surface area (Å²) in [5, 5.41) is 10.5. The smallest absolute Gasteiger partial charge is 0.394 e. The van der Waals surface area contributed by atoms with Crippen LogP contribution >= 0.6 is 16.3 Å². The third-order valence-electron chi connectivity index (χ3n) is 9.24. The molecule has 4 aromatic carbocycles. The first-order valence-electron chi connectivity index (χ1n) is 19.2. The Bertz CT molecular complexity index is 1750. The first-order chi connectivity index (χ1) is 27.8. The van der Waals surface area contributed by atoms with Crippen LogP contribution in [0.15, 0.2) is 121 Å². The fourth-order valence-corrected chi connectivity index (χ4v) is 7.84. The Morgan fingerprint density at radius 3 is 1.47 bits per heavy atom. The molecule has 1 unspecified atom stereocenters. The quantitative estimate of drug-likeness (QED) is 0.0322. The van der Waals surface area contributed by atoms with Crippen molar-refractivity contribution < 1.29 is 46.8 Å². The molecule has 0 saturated carbocycles. The third-order valence-corrected chi connectivity index (χ3v) is 11.1. The zero-order valence-corrected chi connectivity index (χ0v) is 34.5. The standard InChI is InChI=1S/C44H55NO10P2/c1-35(24-27-56-47)43(51-32-39-20-12-6-13-21-39)42(50-31-38-18-10-5-11-19-38)34-55-57(48,53-26-25-45-3)54-29-36(2)44(52-33-40-22-14-7-15-23-40)41(28-46)49-30-37-16-8-4-9-17-37/h4-23,35-36,41-44,46H,24-34H2,1-2H3/t35-,36-,41+,42+,43-,44-,57?/m1/s1. The third kappa shape index (κ3) is 17.0. The number of benzene rings is 4. The van der Waals surface area contributed by atoms with Gasteiger partial charge in [-0.1, -0.05) is 135 Å². The minimum Gasteiger partial charge on any atom is -0.394 e. The molecule has 0 radical (unpaired) electrons. The van der Waals surface area contributed by atoms with Gasteiger partial charge in [0.25, 0.3) is 0 Å². The summed E-state index contributed by atoms with van der Waals surface area (Å²) in [6, 6.07) is 38.7. The van der Waals surface area contributed by atoms with Gasteiger partial charge in [-0.3, -0.25) is 18.1 Å². The van der Waals surface area contributed by atoms with Gasteiger partial charge in [0.15, 0.2) is 8.46 Å². The number of hydrogen-bond donors (Lipinski definition) is 1. The molecule has 0 heterocycles. The van der Waals surface area contributed by atoms with Gasteiger partial charge in [-0.2, -0.15) is 0 Å². The van der Waals surface area contributed by atoms with Crippen LogP contribution in [0.3, 0.4) is 0 Å². The van der Waals surface area contributed by atoms with E-state index in [0.717, 1.165) is 22.3 Å². The van der Waals surface area contributed by atoms with Crippen molar-refractivity contribution in [3.63, 3.8) is 0 Å². The minimum atomic E-state index is -4.33. The Hall–Kier alpha value is -3.62. The van der Waals surface area contributed by atoms with Crippen molar-refractivity contribution >= 4 is 16.3 Å². The second-order valence-corrected chi connectivity index (χ2v) is 16.1. The van der Waals surface area contributed by atoms with Gasteiger partial charge in [-0.05, 0) is 34.6 Å². The molecule has 306 valence electrons. The van der Waals surface area contributed by atoms with Crippen molar-refractivity contribution in [2.45, 2.75) is 71.1 Å². The average Bonchev–Trinajstić information content (AvgIpc) is 3.25. The van der Waals surface area contributed by atoms with Gasteiger partial charge in [0, 0.05) is 12.1 Å². The number of phosphoric acid groups is 1. The maximum Gasteiger partial charge on any atom is 0.475 e. The van der Waals surface area contributed by atoms with E-state index in [-0.39, 0.29) is 73.8 Å². The highest BCUT2D eigenvalue weighted by atomic mass is 31.2. The van der Waals surface area contributed by atoms with Gasteiger partial charge in [0.05, 0.1) is 58.5 Å². The maximum absolute atomic E-state index is 14.4. The van der Waals surface area contributed by atoms with Gasteiger partial charge < -0.3 is 28.9 Å². The van der Waals surface area contributed by atoms with E-state index in [1.807, 2.05) is 135 Å². The number of rotatable bonds is 29. The van der Waals surface area contributed by atoms with Crippen LogP contribution in [0.1, 0.15) is 42.5 Å².